The Kier molecular flexibility index (Phi) is 5.04. The number of nitrogens with one attached hydrogen (secondary N) is 1. The van der Waals surface area contributed by atoms with E-state index in [1.165, 1.54) is 0 Å². The quantitative estimate of drug-likeness (QED) is 0.906. The average molecular weight is 302 g/mol. The largest absolute Gasteiger partial charge is 0.490 e. The first kappa shape index (κ1) is 16.3. The molecule has 0 atom stereocenters. The lowest BCUT2D eigenvalue weighted by molar-refractivity contribution is -0.136. The fraction of sp³-hybridized carbons (Fsp3) is 0.529. The van der Waals surface area contributed by atoms with E-state index in [9.17, 15) is 10.1 Å². The Morgan fingerprint density at radius 1 is 1.36 bits per heavy atom. The highest BCUT2D eigenvalue weighted by molar-refractivity contribution is 5.97. The van der Waals surface area contributed by atoms with Crippen molar-refractivity contribution in [1.29, 1.82) is 5.26 Å². The van der Waals surface area contributed by atoms with Crippen molar-refractivity contribution >= 4 is 11.6 Å². The number of hydrogen-bond acceptors (Lipinski definition) is 4. The summed E-state index contributed by atoms with van der Waals surface area (Å²) >= 11 is 0. The van der Waals surface area contributed by atoms with Crippen LogP contribution in [0.15, 0.2) is 18.2 Å². The van der Waals surface area contributed by atoms with Crippen LogP contribution in [-0.4, -0.2) is 24.7 Å². The van der Waals surface area contributed by atoms with Crippen molar-refractivity contribution in [3.63, 3.8) is 0 Å². The van der Waals surface area contributed by atoms with Crippen molar-refractivity contribution in [3.8, 4) is 11.8 Å². The highest BCUT2D eigenvalue weighted by Gasteiger charge is 2.41. The zero-order chi connectivity index (χ0) is 16.2. The number of anilines is 1. The topological polar surface area (TPSA) is 71.3 Å². The van der Waals surface area contributed by atoms with E-state index in [1.807, 2.05) is 13.8 Å². The second-order valence-electron chi connectivity index (χ2n) is 5.85. The summed E-state index contributed by atoms with van der Waals surface area (Å²) in [5, 5.41) is 12.1. The number of methoxy groups -OCH3 is 1. The average Bonchev–Trinajstić information content (AvgIpc) is 2.98. The number of hydrogen-bond donors (Lipinski definition) is 1. The Labute approximate surface area is 131 Å². The maximum absolute atomic E-state index is 12.5. The summed E-state index contributed by atoms with van der Waals surface area (Å²) in [6.45, 7) is 3.80. The van der Waals surface area contributed by atoms with Crippen molar-refractivity contribution < 1.29 is 14.3 Å². The van der Waals surface area contributed by atoms with Gasteiger partial charge in [0.05, 0.1) is 11.7 Å². The van der Waals surface area contributed by atoms with Crippen LogP contribution in [0.2, 0.25) is 0 Å². The van der Waals surface area contributed by atoms with Crippen LogP contribution in [0.5, 0.6) is 5.75 Å². The lowest BCUT2D eigenvalue weighted by Crippen LogP contribution is -2.42. The number of ether oxygens (including phenoxy) is 2. The summed E-state index contributed by atoms with van der Waals surface area (Å²) in [5.74, 6) is 0.381. The molecule has 1 aromatic carbocycles. The lowest BCUT2D eigenvalue weighted by atomic mass is 10.0. The van der Waals surface area contributed by atoms with E-state index < -0.39 is 5.60 Å². The van der Waals surface area contributed by atoms with Crippen molar-refractivity contribution in [2.45, 2.75) is 51.2 Å². The third-order valence-electron chi connectivity index (χ3n) is 3.94. The number of carbonyl (C=O) groups is 1. The second kappa shape index (κ2) is 6.80. The molecule has 0 spiro atoms. The number of rotatable bonds is 5. The van der Waals surface area contributed by atoms with Gasteiger partial charge in [0.15, 0.2) is 0 Å². The molecule has 0 heterocycles. The molecule has 1 N–H and O–H groups in total. The van der Waals surface area contributed by atoms with Gasteiger partial charge in [-0.05, 0) is 57.7 Å². The van der Waals surface area contributed by atoms with Crippen molar-refractivity contribution in [2.75, 3.05) is 12.4 Å². The summed E-state index contributed by atoms with van der Waals surface area (Å²) in [5.41, 5.74) is 0.255. The normalized spacial score (nSPS) is 16.3. The molecule has 1 fully saturated rings. The second-order valence-corrected chi connectivity index (χ2v) is 5.85. The summed E-state index contributed by atoms with van der Waals surface area (Å²) < 4.78 is 11.0. The van der Waals surface area contributed by atoms with Crippen LogP contribution in [0.4, 0.5) is 5.69 Å². The predicted molar refractivity (Wildman–Crippen MR) is 83.8 cm³/mol. The third kappa shape index (κ3) is 3.40. The molecular weight excluding hydrogens is 280 g/mol. The number of carbonyl (C=O) groups excluding carboxylic acids is 1. The first-order valence-electron chi connectivity index (χ1n) is 7.58. The van der Waals surface area contributed by atoms with Gasteiger partial charge in [-0.15, -0.1) is 0 Å². The van der Waals surface area contributed by atoms with Gasteiger partial charge >= 0.3 is 0 Å². The maximum Gasteiger partial charge on any atom is 0.256 e. The van der Waals surface area contributed by atoms with E-state index in [4.69, 9.17) is 9.47 Å². The molecule has 5 heteroatoms. The molecule has 0 radical (unpaired) electrons. The van der Waals surface area contributed by atoms with E-state index in [2.05, 4.69) is 11.4 Å². The van der Waals surface area contributed by atoms with E-state index in [1.54, 1.807) is 25.3 Å². The fourth-order valence-electron chi connectivity index (χ4n) is 2.77. The van der Waals surface area contributed by atoms with Crippen LogP contribution in [0.25, 0.3) is 0 Å². The molecule has 0 bridgehead atoms. The molecular formula is C17H22N2O3. The van der Waals surface area contributed by atoms with Crippen molar-refractivity contribution in [3.05, 3.63) is 23.8 Å². The molecule has 0 aromatic heterocycles. The van der Waals surface area contributed by atoms with Crippen LogP contribution in [-0.2, 0) is 9.53 Å². The molecule has 1 amide bonds. The SMILES string of the molecule is COC1(C(=O)Nc2ccc(OC(C)C)c(C#N)c2)CCCC1. The predicted octanol–water partition coefficient (Wildman–Crippen LogP) is 3.24. The molecule has 5 nitrogen and oxygen atoms in total. The van der Waals surface area contributed by atoms with Gasteiger partial charge in [-0.2, -0.15) is 5.26 Å². The van der Waals surface area contributed by atoms with Crippen LogP contribution in [0.3, 0.4) is 0 Å². The molecule has 22 heavy (non-hydrogen) atoms. The Morgan fingerprint density at radius 3 is 2.59 bits per heavy atom. The Hall–Kier alpha value is -2.06. The molecule has 0 saturated heterocycles. The van der Waals surface area contributed by atoms with E-state index in [0.29, 0.717) is 17.0 Å². The summed E-state index contributed by atoms with van der Waals surface area (Å²) in [6.07, 6.45) is 3.43. The molecule has 1 saturated carbocycles. The van der Waals surface area contributed by atoms with Crippen molar-refractivity contribution in [2.24, 2.45) is 0 Å². The fourth-order valence-corrected chi connectivity index (χ4v) is 2.77. The van der Waals surface area contributed by atoms with Crippen LogP contribution < -0.4 is 10.1 Å². The minimum atomic E-state index is -0.736. The molecule has 1 aliphatic rings. The summed E-state index contributed by atoms with van der Waals surface area (Å²) in [6, 6.07) is 7.19. The van der Waals surface area contributed by atoms with Crippen LogP contribution in [0, 0.1) is 11.3 Å². The molecule has 1 aromatic rings. The summed E-state index contributed by atoms with van der Waals surface area (Å²) in [4.78, 5) is 12.5. The lowest BCUT2D eigenvalue weighted by Gasteiger charge is -2.26. The Bertz CT molecular complexity index is 584. The van der Waals surface area contributed by atoms with Gasteiger partial charge < -0.3 is 14.8 Å². The van der Waals surface area contributed by atoms with Gasteiger partial charge in [-0.3, -0.25) is 4.79 Å². The van der Waals surface area contributed by atoms with E-state index in [0.717, 1.165) is 25.7 Å². The highest BCUT2D eigenvalue weighted by Crippen LogP contribution is 2.34. The molecule has 0 unspecified atom stereocenters. The maximum atomic E-state index is 12.5. The van der Waals surface area contributed by atoms with E-state index >= 15 is 0 Å². The molecule has 118 valence electrons. The van der Waals surface area contributed by atoms with Crippen LogP contribution in [0.1, 0.15) is 45.1 Å². The smallest absolute Gasteiger partial charge is 0.256 e. The number of amides is 1. The standard InChI is InChI=1S/C17H22N2O3/c1-12(2)22-15-7-6-14(10-13(15)11-18)19-16(20)17(21-3)8-4-5-9-17/h6-7,10,12H,4-5,8-9H2,1-3H3,(H,19,20). The van der Waals surface area contributed by atoms with Gasteiger partial charge in [0, 0.05) is 12.8 Å². The molecule has 2 rings (SSSR count). The van der Waals surface area contributed by atoms with Gasteiger partial charge in [0.25, 0.3) is 5.91 Å². The molecule has 1 aliphatic carbocycles. The monoisotopic (exact) mass is 302 g/mol. The Balaban J connectivity index is 2.16. The zero-order valence-corrected chi connectivity index (χ0v) is 13.3. The first-order chi connectivity index (χ1) is 10.5. The first-order valence-corrected chi connectivity index (χ1v) is 7.58. The number of benzene rings is 1. The third-order valence-corrected chi connectivity index (χ3v) is 3.94. The zero-order valence-electron chi connectivity index (χ0n) is 13.3. The molecule has 0 aliphatic heterocycles. The van der Waals surface area contributed by atoms with Gasteiger partial charge in [-0.1, -0.05) is 0 Å². The van der Waals surface area contributed by atoms with Gasteiger partial charge in [0.2, 0.25) is 0 Å². The number of nitrogens with zero attached hydrogens (tertiary/aromatic N) is 1. The van der Waals surface area contributed by atoms with Gasteiger partial charge in [-0.25, -0.2) is 0 Å². The van der Waals surface area contributed by atoms with Gasteiger partial charge in [0.1, 0.15) is 17.4 Å². The Morgan fingerprint density at radius 2 is 2.05 bits per heavy atom. The highest BCUT2D eigenvalue weighted by atomic mass is 16.5. The number of nitriles is 1. The van der Waals surface area contributed by atoms with Crippen molar-refractivity contribution in [1.82, 2.24) is 0 Å². The summed E-state index contributed by atoms with van der Waals surface area (Å²) in [7, 11) is 1.57. The minimum Gasteiger partial charge on any atom is -0.490 e. The van der Waals surface area contributed by atoms with E-state index in [-0.39, 0.29) is 12.0 Å². The minimum absolute atomic E-state index is 0.0113. The van der Waals surface area contributed by atoms with Crippen LogP contribution >= 0.6 is 0 Å².